The Morgan fingerprint density at radius 2 is 2.00 bits per heavy atom. The van der Waals surface area contributed by atoms with Gasteiger partial charge in [0.05, 0.1) is 19.8 Å². The lowest BCUT2D eigenvalue weighted by atomic mass is 9.96. The van der Waals surface area contributed by atoms with E-state index >= 15 is 0 Å². The maximum Gasteiger partial charge on any atom is 0.240 e. The highest BCUT2D eigenvalue weighted by atomic mass is 35.5. The average molecular weight is 317 g/mol. The first-order valence-corrected chi connectivity index (χ1v) is 6.72. The number of ether oxygens (including phenoxy) is 2. The molecule has 5 nitrogen and oxygen atoms in total. The van der Waals surface area contributed by atoms with Gasteiger partial charge < -0.3 is 20.5 Å². The molecule has 1 atom stereocenters. The van der Waals surface area contributed by atoms with Gasteiger partial charge >= 0.3 is 0 Å². The fourth-order valence-electron chi connectivity index (χ4n) is 2.03. The normalized spacial score (nSPS) is 12.8. The van der Waals surface area contributed by atoms with Crippen LogP contribution in [0.4, 0.5) is 0 Å². The van der Waals surface area contributed by atoms with Crippen LogP contribution in [0, 0.1) is 0 Å². The second kappa shape index (κ2) is 8.74. The maximum absolute atomic E-state index is 12.1. The highest BCUT2D eigenvalue weighted by Crippen LogP contribution is 2.23. The largest absolute Gasteiger partial charge is 0.497 e. The van der Waals surface area contributed by atoms with Crippen LogP contribution in [0.15, 0.2) is 18.2 Å². The summed E-state index contributed by atoms with van der Waals surface area (Å²) in [6.45, 7) is 4.10. The molecule has 6 heteroatoms. The molecular formula is C15H25ClN2O3. The third-order valence-corrected chi connectivity index (χ3v) is 3.22. The molecule has 0 spiro atoms. The Bertz CT molecular complexity index is 464. The van der Waals surface area contributed by atoms with Crippen molar-refractivity contribution < 1.29 is 14.3 Å². The van der Waals surface area contributed by atoms with Crippen molar-refractivity contribution in [2.45, 2.75) is 38.8 Å². The quantitative estimate of drug-likeness (QED) is 0.809. The molecule has 1 aromatic carbocycles. The van der Waals surface area contributed by atoms with Gasteiger partial charge in [0.25, 0.3) is 0 Å². The zero-order chi connectivity index (χ0) is 15.2. The summed E-state index contributed by atoms with van der Waals surface area (Å²) in [6.07, 6.45) is 1.51. The number of benzene rings is 1. The highest BCUT2D eigenvalue weighted by Gasteiger charge is 2.26. The number of hydrogen-bond donors (Lipinski definition) is 2. The molecule has 0 saturated carbocycles. The van der Waals surface area contributed by atoms with Gasteiger partial charge in [-0.3, -0.25) is 4.79 Å². The smallest absolute Gasteiger partial charge is 0.240 e. The zero-order valence-electron chi connectivity index (χ0n) is 13.1. The van der Waals surface area contributed by atoms with Crippen molar-refractivity contribution in [3.63, 3.8) is 0 Å². The molecule has 21 heavy (non-hydrogen) atoms. The van der Waals surface area contributed by atoms with E-state index in [0.717, 1.165) is 17.7 Å². The molecule has 0 saturated heterocycles. The predicted octanol–water partition coefficient (Wildman–Crippen LogP) is 2.26. The molecule has 3 N–H and O–H groups in total. The standard InChI is InChI=1S/C15H24N2O3.ClH/c1-5-8-15(2,16)14(18)17-10-11-9-12(19-3)6-7-13(11)20-4;/h6-7,9H,5,8,10,16H2,1-4H3,(H,17,18);1H. The van der Waals surface area contributed by atoms with E-state index in [1.54, 1.807) is 21.1 Å². The lowest BCUT2D eigenvalue weighted by Crippen LogP contribution is -2.51. The molecule has 0 fully saturated rings. The Morgan fingerprint density at radius 1 is 1.33 bits per heavy atom. The monoisotopic (exact) mass is 316 g/mol. The molecule has 1 rings (SSSR count). The number of hydrogen-bond acceptors (Lipinski definition) is 4. The van der Waals surface area contributed by atoms with E-state index in [4.69, 9.17) is 15.2 Å². The van der Waals surface area contributed by atoms with Crippen molar-refractivity contribution in [2.75, 3.05) is 14.2 Å². The van der Waals surface area contributed by atoms with Crippen molar-refractivity contribution in [2.24, 2.45) is 5.73 Å². The van der Waals surface area contributed by atoms with E-state index in [1.165, 1.54) is 0 Å². The van der Waals surface area contributed by atoms with Crippen molar-refractivity contribution in [3.05, 3.63) is 23.8 Å². The van der Waals surface area contributed by atoms with Gasteiger partial charge in [-0.05, 0) is 31.5 Å². The van der Waals surface area contributed by atoms with Crippen molar-refractivity contribution >= 4 is 18.3 Å². The Labute approximate surface area is 132 Å². The fraction of sp³-hybridized carbons (Fsp3) is 0.533. The van der Waals surface area contributed by atoms with E-state index in [0.29, 0.717) is 18.7 Å². The van der Waals surface area contributed by atoms with Crippen molar-refractivity contribution in [1.82, 2.24) is 5.32 Å². The molecule has 1 amide bonds. The predicted molar refractivity (Wildman–Crippen MR) is 86.1 cm³/mol. The van der Waals surface area contributed by atoms with Crippen molar-refractivity contribution in [1.29, 1.82) is 0 Å². The third-order valence-electron chi connectivity index (χ3n) is 3.22. The molecule has 0 aliphatic heterocycles. The molecule has 120 valence electrons. The minimum Gasteiger partial charge on any atom is -0.497 e. The fourth-order valence-corrected chi connectivity index (χ4v) is 2.03. The number of methoxy groups -OCH3 is 2. The van der Waals surface area contributed by atoms with Gasteiger partial charge in [0, 0.05) is 12.1 Å². The van der Waals surface area contributed by atoms with Gasteiger partial charge in [-0.15, -0.1) is 12.4 Å². The number of nitrogens with one attached hydrogen (secondary N) is 1. The van der Waals surface area contributed by atoms with E-state index in [2.05, 4.69) is 5.32 Å². The van der Waals surface area contributed by atoms with Gasteiger partial charge in [0.15, 0.2) is 0 Å². The summed E-state index contributed by atoms with van der Waals surface area (Å²) in [4.78, 5) is 12.1. The maximum atomic E-state index is 12.1. The molecular weight excluding hydrogens is 292 g/mol. The number of nitrogens with two attached hydrogens (primary N) is 1. The first-order chi connectivity index (χ1) is 9.44. The van der Waals surface area contributed by atoms with Crippen molar-refractivity contribution in [3.8, 4) is 11.5 Å². The Hall–Kier alpha value is -1.46. The van der Waals surface area contributed by atoms with Crippen LogP contribution in [0.2, 0.25) is 0 Å². The van der Waals surface area contributed by atoms with Crippen LogP contribution in [0.3, 0.4) is 0 Å². The summed E-state index contributed by atoms with van der Waals surface area (Å²) in [5, 5.41) is 2.85. The van der Waals surface area contributed by atoms with Gasteiger partial charge in [-0.1, -0.05) is 13.3 Å². The number of rotatable bonds is 7. The summed E-state index contributed by atoms with van der Waals surface area (Å²) >= 11 is 0. The summed E-state index contributed by atoms with van der Waals surface area (Å²) in [5.74, 6) is 1.27. The topological polar surface area (TPSA) is 73.6 Å². The Morgan fingerprint density at radius 3 is 2.52 bits per heavy atom. The van der Waals surface area contributed by atoms with E-state index < -0.39 is 5.54 Å². The lowest BCUT2D eigenvalue weighted by Gasteiger charge is -2.23. The number of halogens is 1. The lowest BCUT2D eigenvalue weighted by molar-refractivity contribution is -0.126. The first kappa shape index (κ1) is 19.5. The Kier molecular flexibility index (Phi) is 8.14. The molecule has 0 radical (unpaired) electrons. The second-order valence-corrected chi connectivity index (χ2v) is 5.03. The van der Waals surface area contributed by atoms with Gasteiger partial charge in [-0.2, -0.15) is 0 Å². The van der Waals surface area contributed by atoms with Crippen LogP contribution >= 0.6 is 12.4 Å². The Balaban J connectivity index is 0.00000400. The van der Waals surface area contributed by atoms with E-state index in [-0.39, 0.29) is 18.3 Å². The van der Waals surface area contributed by atoms with Gasteiger partial charge in [-0.25, -0.2) is 0 Å². The van der Waals surface area contributed by atoms with Crippen LogP contribution in [0.25, 0.3) is 0 Å². The molecule has 0 aliphatic carbocycles. The molecule has 0 heterocycles. The zero-order valence-corrected chi connectivity index (χ0v) is 13.9. The summed E-state index contributed by atoms with van der Waals surface area (Å²) in [6, 6.07) is 5.47. The molecule has 1 aromatic rings. The average Bonchev–Trinajstić information content (AvgIpc) is 2.44. The number of amides is 1. The second-order valence-electron chi connectivity index (χ2n) is 5.03. The SMILES string of the molecule is CCCC(C)(N)C(=O)NCc1cc(OC)ccc1OC.Cl. The van der Waals surface area contributed by atoms with Crippen LogP contribution < -0.4 is 20.5 Å². The van der Waals surface area contributed by atoms with Crippen LogP contribution in [-0.2, 0) is 11.3 Å². The minimum absolute atomic E-state index is 0. The number of carbonyl (C=O) groups is 1. The summed E-state index contributed by atoms with van der Waals surface area (Å²) < 4.78 is 10.4. The summed E-state index contributed by atoms with van der Waals surface area (Å²) in [7, 11) is 3.19. The van der Waals surface area contributed by atoms with E-state index in [1.807, 2.05) is 25.1 Å². The first-order valence-electron chi connectivity index (χ1n) is 6.72. The summed E-state index contributed by atoms with van der Waals surface area (Å²) in [5.41, 5.74) is 6.00. The van der Waals surface area contributed by atoms with Crippen LogP contribution in [0.1, 0.15) is 32.3 Å². The molecule has 0 bridgehead atoms. The van der Waals surface area contributed by atoms with Gasteiger partial charge in [0.2, 0.25) is 5.91 Å². The minimum atomic E-state index is -0.846. The molecule has 1 unspecified atom stereocenters. The molecule has 0 aromatic heterocycles. The van der Waals surface area contributed by atoms with Crippen LogP contribution in [0.5, 0.6) is 11.5 Å². The third kappa shape index (κ3) is 5.44. The van der Waals surface area contributed by atoms with E-state index in [9.17, 15) is 4.79 Å². The van der Waals surface area contributed by atoms with Crippen LogP contribution in [-0.4, -0.2) is 25.7 Å². The molecule has 0 aliphatic rings. The van der Waals surface area contributed by atoms with Gasteiger partial charge in [0.1, 0.15) is 11.5 Å². The number of carbonyl (C=O) groups excluding carboxylic acids is 1. The highest BCUT2D eigenvalue weighted by molar-refractivity contribution is 5.85.